The van der Waals surface area contributed by atoms with Crippen LogP contribution in [0.25, 0.3) is 10.9 Å². The smallest absolute Gasteiger partial charge is 0.330 e. The normalized spacial score (nSPS) is 15.0. The highest BCUT2D eigenvalue weighted by atomic mass is 16.2. The van der Waals surface area contributed by atoms with Gasteiger partial charge in [0.2, 0.25) is 0 Å². The quantitative estimate of drug-likeness (QED) is 0.729. The number of para-hydroxylation sites is 1. The Balaban J connectivity index is 1.72. The van der Waals surface area contributed by atoms with Crippen molar-refractivity contribution in [1.82, 2.24) is 9.55 Å². The molecule has 0 saturated carbocycles. The Bertz CT molecular complexity index is 899. The number of anilines is 2. The van der Waals surface area contributed by atoms with E-state index in [9.17, 15) is 4.79 Å². The van der Waals surface area contributed by atoms with E-state index in [-0.39, 0.29) is 6.03 Å². The first-order valence-electron chi connectivity index (χ1n) is 7.71. The Morgan fingerprint density at radius 1 is 1.09 bits per heavy atom. The molecule has 0 spiro atoms. The fraction of sp³-hybridized carbons (Fsp3) is 0.222. The summed E-state index contributed by atoms with van der Waals surface area (Å²) in [7, 11) is 2.00. The van der Waals surface area contributed by atoms with E-state index in [1.165, 1.54) is 0 Å². The third kappa shape index (κ3) is 2.08. The Morgan fingerprint density at radius 2 is 1.87 bits per heavy atom. The molecule has 2 aromatic heterocycles. The lowest BCUT2D eigenvalue weighted by atomic mass is 10.2. The van der Waals surface area contributed by atoms with Gasteiger partial charge < -0.3 is 4.57 Å². The zero-order valence-electron chi connectivity index (χ0n) is 13.2. The second kappa shape index (κ2) is 5.12. The number of nitrogens with zero attached hydrogens (tertiary/aromatic N) is 4. The largest absolute Gasteiger partial charge is 0.330 e. The van der Waals surface area contributed by atoms with Crippen LogP contribution >= 0.6 is 0 Å². The molecule has 116 valence electrons. The molecule has 1 fully saturated rings. The lowest BCUT2D eigenvalue weighted by molar-refractivity contribution is 0.255. The molecule has 0 bridgehead atoms. The molecule has 1 aliphatic rings. The van der Waals surface area contributed by atoms with Crippen LogP contribution in [0.1, 0.15) is 5.56 Å². The van der Waals surface area contributed by atoms with E-state index in [2.05, 4.69) is 27.8 Å². The van der Waals surface area contributed by atoms with Gasteiger partial charge in [0.05, 0.1) is 11.9 Å². The van der Waals surface area contributed by atoms with Crippen LogP contribution in [0, 0.1) is 6.92 Å². The summed E-state index contributed by atoms with van der Waals surface area (Å²) in [4.78, 5) is 20.7. The van der Waals surface area contributed by atoms with Crippen molar-refractivity contribution >= 4 is 28.4 Å². The lowest BCUT2D eigenvalue weighted by Gasteiger charge is -2.20. The van der Waals surface area contributed by atoms with Crippen LogP contribution in [0.3, 0.4) is 0 Å². The molecule has 3 heterocycles. The maximum Gasteiger partial charge on any atom is 0.330 e. The van der Waals surface area contributed by atoms with Crippen LogP contribution in [-0.2, 0) is 7.05 Å². The molecular weight excluding hydrogens is 288 g/mol. The monoisotopic (exact) mass is 306 g/mol. The van der Waals surface area contributed by atoms with E-state index >= 15 is 0 Å². The van der Waals surface area contributed by atoms with Crippen molar-refractivity contribution in [3.05, 3.63) is 54.4 Å². The summed E-state index contributed by atoms with van der Waals surface area (Å²) in [6.45, 7) is 3.36. The van der Waals surface area contributed by atoms with Crippen molar-refractivity contribution in [1.29, 1.82) is 0 Å². The number of hydrogen-bond donors (Lipinski definition) is 0. The maximum absolute atomic E-state index is 12.9. The van der Waals surface area contributed by atoms with Gasteiger partial charge in [0.25, 0.3) is 0 Å². The topological polar surface area (TPSA) is 41.4 Å². The van der Waals surface area contributed by atoms with Gasteiger partial charge in [-0.2, -0.15) is 0 Å². The van der Waals surface area contributed by atoms with E-state index in [1.54, 1.807) is 17.3 Å². The van der Waals surface area contributed by atoms with E-state index < -0.39 is 0 Å². The van der Waals surface area contributed by atoms with Gasteiger partial charge in [0.1, 0.15) is 5.82 Å². The van der Waals surface area contributed by atoms with Gasteiger partial charge in [-0.05, 0) is 30.7 Å². The van der Waals surface area contributed by atoms with Gasteiger partial charge in [0, 0.05) is 37.2 Å². The van der Waals surface area contributed by atoms with E-state index in [0.717, 1.165) is 28.0 Å². The molecule has 1 saturated heterocycles. The van der Waals surface area contributed by atoms with Gasteiger partial charge in [-0.25, -0.2) is 4.79 Å². The molecule has 4 rings (SSSR count). The second-order valence-corrected chi connectivity index (χ2v) is 5.87. The number of rotatable bonds is 2. The number of fused-ring (bicyclic) bond motifs is 1. The summed E-state index contributed by atoms with van der Waals surface area (Å²) in [5.41, 5.74) is 3.08. The number of hydrogen-bond acceptors (Lipinski definition) is 2. The summed E-state index contributed by atoms with van der Waals surface area (Å²) in [5.74, 6) is 0.931. The third-order valence-corrected chi connectivity index (χ3v) is 4.51. The zero-order valence-corrected chi connectivity index (χ0v) is 13.2. The summed E-state index contributed by atoms with van der Waals surface area (Å²) in [6.07, 6.45) is 3.51. The van der Waals surface area contributed by atoms with E-state index in [1.807, 2.05) is 37.1 Å². The molecular formula is C18H18N4O. The number of carbonyl (C=O) groups is 1. The van der Waals surface area contributed by atoms with Crippen LogP contribution < -0.4 is 9.80 Å². The predicted octanol–water partition coefficient (Wildman–Crippen LogP) is 3.33. The van der Waals surface area contributed by atoms with E-state index in [0.29, 0.717) is 13.1 Å². The van der Waals surface area contributed by atoms with E-state index in [4.69, 9.17) is 0 Å². The molecule has 0 radical (unpaired) electrons. The molecule has 5 heteroatoms. The third-order valence-electron chi connectivity index (χ3n) is 4.51. The highest BCUT2D eigenvalue weighted by Crippen LogP contribution is 2.30. The summed E-state index contributed by atoms with van der Waals surface area (Å²) in [6, 6.07) is 12.2. The molecule has 0 aliphatic carbocycles. The molecule has 0 unspecified atom stereocenters. The average Bonchev–Trinajstić information content (AvgIpc) is 3.09. The first-order chi connectivity index (χ1) is 11.2. The summed E-state index contributed by atoms with van der Waals surface area (Å²) < 4.78 is 2.08. The van der Waals surface area contributed by atoms with Crippen molar-refractivity contribution in [3.63, 3.8) is 0 Å². The van der Waals surface area contributed by atoms with Crippen LogP contribution in [-0.4, -0.2) is 28.7 Å². The average molecular weight is 306 g/mol. The maximum atomic E-state index is 12.9. The highest BCUT2D eigenvalue weighted by molar-refractivity contribution is 6.07. The number of urea groups is 1. The van der Waals surface area contributed by atoms with Crippen molar-refractivity contribution in [2.24, 2.45) is 7.05 Å². The molecule has 1 aliphatic heterocycles. The molecule has 1 aromatic carbocycles. The Morgan fingerprint density at radius 3 is 2.65 bits per heavy atom. The van der Waals surface area contributed by atoms with Gasteiger partial charge >= 0.3 is 6.03 Å². The van der Waals surface area contributed by atoms with Gasteiger partial charge in [0.15, 0.2) is 0 Å². The number of benzene rings is 1. The Labute approximate surface area is 134 Å². The van der Waals surface area contributed by atoms with Crippen LogP contribution in [0.5, 0.6) is 0 Å². The SMILES string of the molecule is Cc1ccncc1N1CCN(c2cc3ccccc3n2C)C1=O. The number of aromatic nitrogens is 2. The fourth-order valence-electron chi connectivity index (χ4n) is 3.24. The summed E-state index contributed by atoms with van der Waals surface area (Å²) >= 11 is 0. The van der Waals surface area contributed by atoms with Crippen molar-refractivity contribution in [2.45, 2.75) is 6.92 Å². The minimum absolute atomic E-state index is 0.00649. The molecule has 0 N–H and O–H groups in total. The zero-order chi connectivity index (χ0) is 16.0. The first kappa shape index (κ1) is 13.8. The molecule has 23 heavy (non-hydrogen) atoms. The number of pyridine rings is 1. The van der Waals surface area contributed by atoms with Crippen molar-refractivity contribution in [3.8, 4) is 0 Å². The standard InChI is InChI=1S/C18H18N4O/c1-13-7-8-19-12-16(13)21-9-10-22(18(21)23)17-11-14-5-3-4-6-15(14)20(17)2/h3-8,11-12H,9-10H2,1-2H3. The van der Waals surface area contributed by atoms with Gasteiger partial charge in [-0.15, -0.1) is 0 Å². The minimum atomic E-state index is 0.00649. The predicted molar refractivity (Wildman–Crippen MR) is 92.0 cm³/mol. The fourth-order valence-corrected chi connectivity index (χ4v) is 3.24. The van der Waals surface area contributed by atoms with Crippen LogP contribution in [0.15, 0.2) is 48.8 Å². The molecule has 2 amide bonds. The second-order valence-electron chi connectivity index (χ2n) is 5.87. The van der Waals surface area contributed by atoms with Gasteiger partial charge in [-0.1, -0.05) is 18.2 Å². The summed E-state index contributed by atoms with van der Waals surface area (Å²) in [5, 5.41) is 1.15. The van der Waals surface area contributed by atoms with Crippen LogP contribution in [0.4, 0.5) is 16.3 Å². The molecule has 5 nitrogen and oxygen atoms in total. The highest BCUT2D eigenvalue weighted by Gasteiger charge is 2.33. The minimum Gasteiger partial charge on any atom is -0.330 e. The van der Waals surface area contributed by atoms with Gasteiger partial charge in [-0.3, -0.25) is 14.8 Å². The van der Waals surface area contributed by atoms with Crippen LogP contribution in [0.2, 0.25) is 0 Å². The Kier molecular flexibility index (Phi) is 3.08. The lowest BCUT2D eigenvalue weighted by Crippen LogP contribution is -2.33. The number of aryl methyl sites for hydroxylation is 2. The number of carbonyl (C=O) groups excluding carboxylic acids is 1. The first-order valence-corrected chi connectivity index (χ1v) is 7.71. The Hall–Kier alpha value is -2.82. The molecule has 3 aromatic rings. The molecule has 0 atom stereocenters. The van der Waals surface area contributed by atoms with Crippen molar-refractivity contribution < 1.29 is 4.79 Å². The number of amides is 2. The van der Waals surface area contributed by atoms with Crippen molar-refractivity contribution in [2.75, 3.05) is 22.9 Å².